The van der Waals surface area contributed by atoms with Crippen molar-refractivity contribution in [2.45, 2.75) is 19.4 Å². The number of hydrogen-bond acceptors (Lipinski definition) is 6. The molecule has 180 valence electrons. The first-order valence-electron chi connectivity index (χ1n) is 12.0. The van der Waals surface area contributed by atoms with Crippen LogP contribution < -0.4 is 14.4 Å². The lowest BCUT2D eigenvalue weighted by Crippen LogP contribution is -2.25. The molecule has 0 N–H and O–H groups in total. The highest BCUT2D eigenvalue weighted by molar-refractivity contribution is 6.10. The number of likely N-dealkylation sites (tertiary alicyclic amines) is 1. The summed E-state index contributed by atoms with van der Waals surface area (Å²) in [6.07, 6.45) is 2.50. The van der Waals surface area contributed by atoms with Crippen LogP contribution >= 0.6 is 0 Å². The third-order valence-electron chi connectivity index (χ3n) is 6.76. The van der Waals surface area contributed by atoms with Gasteiger partial charge in [0, 0.05) is 23.9 Å². The second kappa shape index (κ2) is 10.1. The van der Waals surface area contributed by atoms with Crippen molar-refractivity contribution in [1.82, 2.24) is 4.90 Å². The maximum Gasteiger partial charge on any atom is 0.258 e. The summed E-state index contributed by atoms with van der Waals surface area (Å²) in [5, 5.41) is 18.6. The van der Waals surface area contributed by atoms with Crippen molar-refractivity contribution in [3.05, 3.63) is 76.9 Å². The number of methoxy groups -OCH3 is 1. The Bertz CT molecular complexity index is 1360. The van der Waals surface area contributed by atoms with Crippen LogP contribution in [0.3, 0.4) is 0 Å². The summed E-state index contributed by atoms with van der Waals surface area (Å²) < 4.78 is 11.6. The summed E-state index contributed by atoms with van der Waals surface area (Å²) in [6, 6.07) is 20.5. The van der Waals surface area contributed by atoms with Gasteiger partial charge in [0.2, 0.25) is 0 Å². The Labute approximate surface area is 210 Å². The molecule has 0 bridgehead atoms. The van der Waals surface area contributed by atoms with Crippen LogP contribution in [0.15, 0.2) is 54.6 Å². The van der Waals surface area contributed by atoms with E-state index < -0.39 is 0 Å². The van der Waals surface area contributed by atoms with Gasteiger partial charge in [0.15, 0.2) is 11.5 Å². The van der Waals surface area contributed by atoms with Crippen LogP contribution in [0, 0.1) is 22.7 Å². The van der Waals surface area contributed by atoms with Gasteiger partial charge in [0.25, 0.3) is 5.91 Å². The zero-order valence-electron chi connectivity index (χ0n) is 20.2. The number of nitrogens with zero attached hydrogens (tertiary/aromatic N) is 4. The van der Waals surface area contributed by atoms with Crippen LogP contribution in [0.25, 0.3) is 11.1 Å². The van der Waals surface area contributed by atoms with Crippen molar-refractivity contribution in [3.63, 3.8) is 0 Å². The normalized spacial score (nSPS) is 14.9. The molecule has 3 aromatic rings. The molecule has 0 atom stereocenters. The Morgan fingerprint density at radius 3 is 2.33 bits per heavy atom. The molecule has 1 amide bonds. The van der Waals surface area contributed by atoms with Crippen molar-refractivity contribution < 1.29 is 14.3 Å². The average molecular weight is 479 g/mol. The summed E-state index contributed by atoms with van der Waals surface area (Å²) in [5.41, 5.74) is 4.61. The van der Waals surface area contributed by atoms with Gasteiger partial charge in [-0.3, -0.25) is 9.69 Å². The molecular weight excluding hydrogens is 452 g/mol. The lowest BCUT2D eigenvalue weighted by molar-refractivity contribution is 0.0996. The van der Waals surface area contributed by atoms with Gasteiger partial charge in [-0.15, -0.1) is 0 Å². The van der Waals surface area contributed by atoms with Crippen LogP contribution in [-0.2, 0) is 6.54 Å². The van der Waals surface area contributed by atoms with E-state index in [9.17, 15) is 15.3 Å². The number of carbonyl (C=O) groups excluding carboxylic acids is 1. The van der Waals surface area contributed by atoms with Crippen LogP contribution in [0.1, 0.15) is 39.9 Å². The minimum absolute atomic E-state index is 0.103. The van der Waals surface area contributed by atoms with Gasteiger partial charge in [0.05, 0.1) is 36.9 Å². The van der Waals surface area contributed by atoms with Gasteiger partial charge in [-0.25, -0.2) is 0 Å². The third kappa shape index (κ3) is 4.62. The molecule has 0 aliphatic carbocycles. The van der Waals surface area contributed by atoms with E-state index in [1.54, 1.807) is 30.2 Å². The molecular formula is C29H26N4O3. The maximum absolute atomic E-state index is 13.4. The topological polar surface area (TPSA) is 89.6 Å². The van der Waals surface area contributed by atoms with Crippen LogP contribution in [0.4, 0.5) is 5.69 Å². The molecule has 0 unspecified atom stereocenters. The second-order valence-corrected chi connectivity index (χ2v) is 9.02. The highest BCUT2D eigenvalue weighted by Crippen LogP contribution is 2.36. The molecule has 5 rings (SSSR count). The molecule has 2 aliphatic rings. The third-order valence-corrected chi connectivity index (χ3v) is 6.76. The SMILES string of the molecule is COc1cc(N2Cc3ccc(-c4cc(C#N)cc(C#N)c4)cc3C2=O)ccc1OCCN1CCCC1. The van der Waals surface area contributed by atoms with Gasteiger partial charge in [0.1, 0.15) is 6.61 Å². The zero-order valence-corrected chi connectivity index (χ0v) is 20.2. The highest BCUT2D eigenvalue weighted by Gasteiger charge is 2.29. The Morgan fingerprint density at radius 1 is 0.889 bits per heavy atom. The largest absolute Gasteiger partial charge is 0.493 e. The minimum Gasteiger partial charge on any atom is -0.493 e. The number of amides is 1. The molecule has 0 aromatic heterocycles. The lowest BCUT2D eigenvalue weighted by atomic mass is 9.97. The van der Waals surface area contributed by atoms with Gasteiger partial charge >= 0.3 is 0 Å². The van der Waals surface area contributed by atoms with E-state index in [1.165, 1.54) is 12.8 Å². The first kappa shape index (κ1) is 23.4. The predicted octanol–water partition coefficient (Wildman–Crippen LogP) is 4.74. The Kier molecular flexibility index (Phi) is 6.58. The summed E-state index contributed by atoms with van der Waals surface area (Å²) in [6.45, 7) is 4.19. The Hall–Kier alpha value is -4.33. The average Bonchev–Trinajstić information content (AvgIpc) is 3.56. The summed E-state index contributed by atoms with van der Waals surface area (Å²) >= 11 is 0. The van der Waals surface area contributed by atoms with E-state index in [4.69, 9.17) is 9.47 Å². The molecule has 2 heterocycles. The van der Waals surface area contributed by atoms with Crippen LogP contribution in [-0.4, -0.2) is 44.2 Å². The van der Waals surface area contributed by atoms with Gasteiger partial charge < -0.3 is 14.4 Å². The number of benzene rings is 3. The molecule has 2 aliphatic heterocycles. The smallest absolute Gasteiger partial charge is 0.258 e. The van der Waals surface area contributed by atoms with E-state index in [0.717, 1.165) is 42.0 Å². The fraction of sp³-hybridized carbons (Fsp3) is 0.276. The predicted molar refractivity (Wildman–Crippen MR) is 136 cm³/mol. The van der Waals surface area contributed by atoms with E-state index in [-0.39, 0.29) is 5.91 Å². The first-order valence-corrected chi connectivity index (χ1v) is 12.0. The summed E-state index contributed by atoms with van der Waals surface area (Å²) in [5.74, 6) is 1.15. The number of carbonyl (C=O) groups is 1. The van der Waals surface area contributed by atoms with E-state index in [0.29, 0.717) is 41.3 Å². The van der Waals surface area contributed by atoms with Gasteiger partial charge in [-0.2, -0.15) is 10.5 Å². The first-order chi connectivity index (χ1) is 17.6. The monoisotopic (exact) mass is 478 g/mol. The second-order valence-electron chi connectivity index (χ2n) is 9.02. The molecule has 36 heavy (non-hydrogen) atoms. The van der Waals surface area contributed by atoms with Gasteiger partial charge in [-0.1, -0.05) is 12.1 Å². The molecule has 0 radical (unpaired) electrons. The molecule has 7 heteroatoms. The van der Waals surface area contributed by atoms with Crippen molar-refractivity contribution in [3.8, 4) is 34.8 Å². The van der Waals surface area contributed by atoms with Gasteiger partial charge in [-0.05, 0) is 79.0 Å². The van der Waals surface area contributed by atoms with E-state index >= 15 is 0 Å². The summed E-state index contributed by atoms with van der Waals surface area (Å²) in [4.78, 5) is 17.5. The maximum atomic E-state index is 13.4. The minimum atomic E-state index is -0.103. The number of rotatable bonds is 7. The standard InChI is InChI=1S/C29H26N4O3/c1-35-28-16-25(6-7-27(28)36-11-10-32-8-2-3-9-32)33-19-23-5-4-22(15-26(23)29(33)34)24-13-20(17-30)12-21(14-24)18-31/h4-7,12-16H,2-3,8-11,19H2,1H3. The number of ether oxygens (including phenoxy) is 2. The van der Waals surface area contributed by atoms with Crippen molar-refractivity contribution >= 4 is 11.6 Å². The number of fused-ring (bicyclic) bond motifs is 1. The summed E-state index contributed by atoms with van der Waals surface area (Å²) in [7, 11) is 1.60. The molecule has 0 saturated carbocycles. The van der Waals surface area contributed by atoms with E-state index in [1.807, 2.05) is 36.4 Å². The number of hydrogen-bond donors (Lipinski definition) is 0. The van der Waals surface area contributed by atoms with Crippen LogP contribution in [0.2, 0.25) is 0 Å². The highest BCUT2D eigenvalue weighted by atomic mass is 16.5. The fourth-order valence-corrected chi connectivity index (χ4v) is 4.85. The molecule has 0 spiro atoms. The zero-order chi connectivity index (χ0) is 25.1. The number of anilines is 1. The molecule has 1 saturated heterocycles. The number of nitriles is 2. The molecule has 3 aromatic carbocycles. The van der Waals surface area contributed by atoms with E-state index in [2.05, 4.69) is 17.0 Å². The van der Waals surface area contributed by atoms with Crippen molar-refractivity contribution in [2.24, 2.45) is 0 Å². The Balaban J connectivity index is 1.35. The quantitative estimate of drug-likeness (QED) is 0.487. The van der Waals surface area contributed by atoms with Crippen LogP contribution in [0.5, 0.6) is 11.5 Å². The Morgan fingerprint density at radius 2 is 1.64 bits per heavy atom. The molecule has 7 nitrogen and oxygen atoms in total. The molecule has 1 fully saturated rings. The van der Waals surface area contributed by atoms with Crippen molar-refractivity contribution in [1.29, 1.82) is 10.5 Å². The fourth-order valence-electron chi connectivity index (χ4n) is 4.85. The lowest BCUT2D eigenvalue weighted by Gasteiger charge is -2.19. The van der Waals surface area contributed by atoms with Crippen molar-refractivity contribution in [2.75, 3.05) is 38.3 Å².